The molecule has 0 spiro atoms. The van der Waals surface area contributed by atoms with Crippen molar-refractivity contribution in [1.82, 2.24) is 9.88 Å². The van der Waals surface area contributed by atoms with E-state index in [1.54, 1.807) is 24.0 Å². The van der Waals surface area contributed by atoms with Crippen molar-refractivity contribution < 1.29 is 9.90 Å². The molecular weight excluding hydrogens is 326 g/mol. The largest absolute Gasteiger partial charge is 0.396 e. The van der Waals surface area contributed by atoms with Crippen LogP contribution in [-0.2, 0) is 7.05 Å². The van der Waals surface area contributed by atoms with Gasteiger partial charge in [0.05, 0.1) is 4.47 Å². The highest BCUT2D eigenvalue weighted by atomic mass is 79.9. The first kappa shape index (κ1) is 15.1. The molecule has 1 aromatic rings. The second kappa shape index (κ2) is 6.41. The van der Waals surface area contributed by atoms with Gasteiger partial charge in [0.15, 0.2) is 0 Å². The van der Waals surface area contributed by atoms with Crippen LogP contribution < -0.4 is 16.1 Å². The zero-order valence-electron chi connectivity index (χ0n) is 11.2. The Hall–Kier alpha value is -1.34. The molecule has 1 aliphatic carbocycles. The molecule has 7 heteroatoms. The normalized spacial score (nSPS) is 21.1. The van der Waals surface area contributed by atoms with Gasteiger partial charge in [0.2, 0.25) is 5.43 Å². The number of nitrogens with one attached hydrogen (secondary N) is 2. The summed E-state index contributed by atoms with van der Waals surface area (Å²) >= 11 is 3.16. The second-order valence-electron chi connectivity index (χ2n) is 5.16. The van der Waals surface area contributed by atoms with Gasteiger partial charge in [-0.2, -0.15) is 0 Å². The number of hydrogen-bond donors (Lipinski definition) is 3. The Morgan fingerprint density at radius 2 is 2.20 bits per heavy atom. The van der Waals surface area contributed by atoms with Crippen LogP contribution in [0, 0.1) is 5.92 Å². The van der Waals surface area contributed by atoms with E-state index < -0.39 is 0 Å². The fraction of sp³-hybridized carbons (Fsp3) is 0.538. The Kier molecular flexibility index (Phi) is 4.82. The third-order valence-electron chi connectivity index (χ3n) is 3.47. The number of carbonyl (C=O) groups excluding carboxylic acids is 1. The third-order valence-corrected chi connectivity index (χ3v) is 4.03. The van der Waals surface area contributed by atoms with E-state index in [0.717, 1.165) is 19.3 Å². The van der Waals surface area contributed by atoms with Gasteiger partial charge in [-0.3, -0.25) is 4.79 Å². The van der Waals surface area contributed by atoms with Crippen molar-refractivity contribution in [3.63, 3.8) is 0 Å². The predicted octanol–water partition coefficient (Wildman–Crippen LogP) is 1.43. The van der Waals surface area contributed by atoms with Crippen molar-refractivity contribution in [1.29, 1.82) is 0 Å². The highest BCUT2D eigenvalue weighted by molar-refractivity contribution is 9.10. The number of aliphatic hydroxyl groups is 1. The molecule has 0 aliphatic heterocycles. The fourth-order valence-electron chi connectivity index (χ4n) is 2.37. The monoisotopic (exact) mass is 343 g/mol. The average molecular weight is 344 g/mol. The summed E-state index contributed by atoms with van der Waals surface area (Å²) in [6.45, 7) is 0.192. The second-order valence-corrected chi connectivity index (χ2v) is 6.01. The topological polar surface area (TPSA) is 83.4 Å². The maximum Gasteiger partial charge on any atom is 0.319 e. The summed E-state index contributed by atoms with van der Waals surface area (Å²) in [6, 6.07) is -0.241. The smallest absolute Gasteiger partial charge is 0.319 e. The number of carbonyl (C=O) groups is 1. The minimum Gasteiger partial charge on any atom is -0.396 e. The van der Waals surface area contributed by atoms with Crippen LogP contribution in [0.4, 0.5) is 10.5 Å². The van der Waals surface area contributed by atoms with E-state index in [1.165, 1.54) is 0 Å². The molecule has 2 amide bonds. The first-order chi connectivity index (χ1) is 9.49. The first-order valence-corrected chi connectivity index (χ1v) is 7.33. The highest BCUT2D eigenvalue weighted by Crippen LogP contribution is 2.29. The van der Waals surface area contributed by atoms with Gasteiger partial charge >= 0.3 is 6.03 Å². The van der Waals surface area contributed by atoms with Gasteiger partial charge in [0.1, 0.15) is 5.69 Å². The average Bonchev–Trinajstić information content (AvgIpc) is 2.33. The van der Waals surface area contributed by atoms with Crippen molar-refractivity contribution in [3.8, 4) is 0 Å². The summed E-state index contributed by atoms with van der Waals surface area (Å²) < 4.78 is 2.10. The Labute approximate surface area is 125 Å². The highest BCUT2D eigenvalue weighted by Gasteiger charge is 2.29. The summed E-state index contributed by atoms with van der Waals surface area (Å²) in [4.78, 5) is 23.7. The number of pyridine rings is 1. The summed E-state index contributed by atoms with van der Waals surface area (Å²) in [5.41, 5.74) is -0.00405. The van der Waals surface area contributed by atoms with Crippen molar-refractivity contribution >= 4 is 27.6 Å². The number of aliphatic hydroxyl groups excluding tert-OH is 1. The van der Waals surface area contributed by atoms with Crippen LogP contribution in [0.5, 0.6) is 0 Å². The number of halogens is 1. The van der Waals surface area contributed by atoms with Crippen LogP contribution >= 0.6 is 15.9 Å². The molecular formula is C13H18BrN3O3. The number of anilines is 1. The zero-order valence-corrected chi connectivity index (χ0v) is 12.8. The van der Waals surface area contributed by atoms with Crippen LogP contribution in [0.3, 0.4) is 0 Å². The number of amides is 2. The molecule has 1 aliphatic rings. The van der Waals surface area contributed by atoms with E-state index in [4.69, 9.17) is 5.11 Å². The number of nitrogens with zero attached hydrogens (tertiary/aromatic N) is 1. The van der Waals surface area contributed by atoms with Crippen LogP contribution in [0.2, 0.25) is 0 Å². The molecule has 0 aromatic carbocycles. The Morgan fingerprint density at radius 1 is 1.50 bits per heavy atom. The number of aromatic nitrogens is 1. The van der Waals surface area contributed by atoms with E-state index in [1.807, 2.05) is 0 Å². The third kappa shape index (κ3) is 3.61. The van der Waals surface area contributed by atoms with E-state index in [9.17, 15) is 9.59 Å². The maximum atomic E-state index is 11.8. The van der Waals surface area contributed by atoms with E-state index in [2.05, 4.69) is 26.6 Å². The lowest BCUT2D eigenvalue weighted by Crippen LogP contribution is -2.46. The molecule has 0 bridgehead atoms. The molecule has 2 rings (SSSR count). The maximum absolute atomic E-state index is 11.8. The van der Waals surface area contributed by atoms with E-state index >= 15 is 0 Å². The molecule has 1 aromatic heterocycles. The van der Waals surface area contributed by atoms with E-state index in [0.29, 0.717) is 10.4 Å². The molecule has 0 radical (unpaired) electrons. The Balaban J connectivity index is 1.88. The molecule has 0 unspecified atom stereocenters. The summed E-state index contributed by atoms with van der Waals surface area (Å²) in [7, 11) is 1.78. The lowest BCUT2D eigenvalue weighted by Gasteiger charge is -2.35. The fourth-order valence-corrected chi connectivity index (χ4v) is 2.91. The molecule has 110 valence electrons. The van der Waals surface area contributed by atoms with Crippen molar-refractivity contribution in [2.45, 2.75) is 25.3 Å². The Morgan fingerprint density at radius 3 is 2.85 bits per heavy atom. The molecule has 0 saturated heterocycles. The van der Waals surface area contributed by atoms with Gasteiger partial charge in [0.25, 0.3) is 0 Å². The molecule has 6 nitrogen and oxygen atoms in total. The van der Waals surface area contributed by atoms with Gasteiger partial charge in [-0.1, -0.05) is 0 Å². The summed E-state index contributed by atoms with van der Waals surface area (Å²) in [5.74, 6) is 0.490. The molecule has 1 heterocycles. The first-order valence-electron chi connectivity index (χ1n) is 6.53. The summed E-state index contributed by atoms with van der Waals surface area (Å²) in [5, 5.41) is 14.2. The standard InChI is InChI=1S/C13H18BrN3O3/c1-17-6-10(14)12(19)11(7-17)16-13(20)15-9-4-8(5-9)2-3-18/h6-9,18H,2-5H2,1H3,(H2,15,16,20). The lowest BCUT2D eigenvalue weighted by molar-refractivity contribution is 0.169. The molecule has 1 fully saturated rings. The minimum atomic E-state index is -0.368. The molecule has 1 saturated carbocycles. The Bertz CT molecular complexity index is 552. The van der Waals surface area contributed by atoms with Crippen LogP contribution in [0.1, 0.15) is 19.3 Å². The van der Waals surface area contributed by atoms with Crippen molar-refractivity contribution in [3.05, 3.63) is 27.1 Å². The molecule has 3 N–H and O–H groups in total. The van der Waals surface area contributed by atoms with Crippen LogP contribution in [0.25, 0.3) is 0 Å². The number of aryl methyl sites for hydroxylation is 1. The van der Waals surface area contributed by atoms with Gasteiger partial charge in [0, 0.05) is 32.1 Å². The van der Waals surface area contributed by atoms with Crippen LogP contribution in [0.15, 0.2) is 21.7 Å². The van der Waals surface area contributed by atoms with Crippen molar-refractivity contribution in [2.75, 3.05) is 11.9 Å². The zero-order chi connectivity index (χ0) is 14.7. The quantitative estimate of drug-likeness (QED) is 0.773. The molecule has 0 atom stereocenters. The number of rotatable bonds is 4. The predicted molar refractivity (Wildman–Crippen MR) is 79.8 cm³/mol. The van der Waals surface area contributed by atoms with Gasteiger partial charge in [-0.25, -0.2) is 4.79 Å². The summed E-state index contributed by atoms with van der Waals surface area (Å²) in [6.07, 6.45) is 5.75. The van der Waals surface area contributed by atoms with Crippen LogP contribution in [-0.4, -0.2) is 28.4 Å². The van der Waals surface area contributed by atoms with E-state index in [-0.39, 0.29) is 29.8 Å². The van der Waals surface area contributed by atoms with Gasteiger partial charge in [-0.15, -0.1) is 0 Å². The minimum absolute atomic E-state index is 0.127. The number of urea groups is 1. The van der Waals surface area contributed by atoms with Crippen molar-refractivity contribution in [2.24, 2.45) is 13.0 Å². The molecule has 20 heavy (non-hydrogen) atoms. The van der Waals surface area contributed by atoms with Gasteiger partial charge in [-0.05, 0) is 41.1 Å². The SMILES string of the molecule is Cn1cc(Br)c(=O)c(NC(=O)NC2CC(CCO)C2)c1. The lowest BCUT2D eigenvalue weighted by atomic mass is 9.78. The number of hydrogen-bond acceptors (Lipinski definition) is 3. The van der Waals surface area contributed by atoms with Gasteiger partial charge < -0.3 is 20.3 Å².